The second kappa shape index (κ2) is 6.34. The number of hydrogen-bond donors (Lipinski definition) is 1. The van der Waals surface area contributed by atoms with Gasteiger partial charge in [-0.1, -0.05) is 6.07 Å². The molecular weight excluding hydrogens is 187 g/mol. The van der Waals surface area contributed by atoms with Gasteiger partial charge in [-0.25, -0.2) is 4.39 Å². The molecule has 1 aromatic rings. The standard InChI is InChI=1S/C10H13FO3/c11-9-2-1-3-10(8-9)14-7-6-13-5-4-12/h1-3,8,12H,4-7H2. The van der Waals surface area contributed by atoms with Crippen molar-refractivity contribution in [2.24, 2.45) is 0 Å². The number of ether oxygens (including phenoxy) is 2. The second-order valence-corrected chi connectivity index (χ2v) is 2.64. The summed E-state index contributed by atoms with van der Waals surface area (Å²) in [5, 5.41) is 8.40. The highest BCUT2D eigenvalue weighted by molar-refractivity contribution is 5.22. The maximum atomic E-state index is 12.7. The van der Waals surface area contributed by atoms with Crippen LogP contribution in [0.4, 0.5) is 4.39 Å². The molecule has 1 rings (SSSR count). The fourth-order valence-corrected chi connectivity index (χ4v) is 0.942. The third kappa shape index (κ3) is 4.20. The lowest BCUT2D eigenvalue weighted by atomic mass is 10.3. The minimum absolute atomic E-state index is 0.0000346. The van der Waals surface area contributed by atoms with Gasteiger partial charge in [-0.15, -0.1) is 0 Å². The number of rotatable bonds is 6. The molecule has 0 heterocycles. The Hall–Kier alpha value is -1.13. The largest absolute Gasteiger partial charge is 0.491 e. The van der Waals surface area contributed by atoms with Crippen molar-refractivity contribution in [1.29, 1.82) is 0 Å². The van der Waals surface area contributed by atoms with Gasteiger partial charge < -0.3 is 14.6 Å². The van der Waals surface area contributed by atoms with Crippen molar-refractivity contribution < 1.29 is 19.0 Å². The number of aliphatic hydroxyl groups is 1. The Bertz CT molecular complexity index is 265. The molecule has 0 aliphatic heterocycles. The second-order valence-electron chi connectivity index (χ2n) is 2.64. The van der Waals surface area contributed by atoms with Gasteiger partial charge in [-0.3, -0.25) is 0 Å². The molecule has 0 spiro atoms. The third-order valence-electron chi connectivity index (χ3n) is 1.53. The van der Waals surface area contributed by atoms with Gasteiger partial charge in [0, 0.05) is 6.07 Å². The number of aliphatic hydroxyl groups excluding tert-OH is 1. The SMILES string of the molecule is OCCOCCOc1cccc(F)c1. The fourth-order valence-electron chi connectivity index (χ4n) is 0.942. The summed E-state index contributed by atoms with van der Waals surface area (Å²) in [5.74, 6) is 0.163. The quantitative estimate of drug-likeness (QED) is 0.701. The third-order valence-corrected chi connectivity index (χ3v) is 1.53. The van der Waals surface area contributed by atoms with Crippen LogP contribution < -0.4 is 4.74 Å². The van der Waals surface area contributed by atoms with Gasteiger partial charge in [0.15, 0.2) is 0 Å². The van der Waals surface area contributed by atoms with E-state index in [2.05, 4.69) is 0 Å². The van der Waals surface area contributed by atoms with E-state index in [1.165, 1.54) is 12.1 Å². The lowest BCUT2D eigenvalue weighted by Crippen LogP contribution is -2.09. The van der Waals surface area contributed by atoms with Crippen LogP contribution in [0.25, 0.3) is 0 Å². The maximum Gasteiger partial charge on any atom is 0.126 e. The van der Waals surface area contributed by atoms with Crippen molar-refractivity contribution in [1.82, 2.24) is 0 Å². The van der Waals surface area contributed by atoms with Gasteiger partial charge in [-0.2, -0.15) is 0 Å². The highest BCUT2D eigenvalue weighted by Crippen LogP contribution is 2.11. The van der Waals surface area contributed by atoms with Gasteiger partial charge in [0.05, 0.1) is 19.8 Å². The van der Waals surface area contributed by atoms with Gasteiger partial charge in [-0.05, 0) is 12.1 Å². The maximum absolute atomic E-state index is 12.7. The first-order chi connectivity index (χ1) is 6.83. The normalized spacial score (nSPS) is 10.1. The highest BCUT2D eigenvalue weighted by Gasteiger charge is 1.95. The highest BCUT2D eigenvalue weighted by atomic mass is 19.1. The molecule has 0 aliphatic rings. The molecule has 1 aromatic carbocycles. The van der Waals surface area contributed by atoms with Gasteiger partial charge in [0.2, 0.25) is 0 Å². The summed E-state index contributed by atoms with van der Waals surface area (Å²) in [5.41, 5.74) is 0. The Kier molecular flexibility index (Phi) is 4.96. The summed E-state index contributed by atoms with van der Waals surface area (Å²) in [7, 11) is 0. The van der Waals surface area contributed by atoms with Crippen LogP contribution in [0, 0.1) is 5.82 Å². The molecule has 14 heavy (non-hydrogen) atoms. The van der Waals surface area contributed by atoms with Crippen LogP contribution in [0.1, 0.15) is 0 Å². The first kappa shape index (κ1) is 10.9. The Balaban J connectivity index is 2.18. The van der Waals surface area contributed by atoms with Crippen LogP contribution in [0.15, 0.2) is 24.3 Å². The first-order valence-electron chi connectivity index (χ1n) is 4.40. The summed E-state index contributed by atoms with van der Waals surface area (Å²) >= 11 is 0. The lowest BCUT2D eigenvalue weighted by Gasteiger charge is -2.05. The molecule has 0 radical (unpaired) electrons. The molecule has 0 unspecified atom stereocenters. The molecule has 0 atom stereocenters. The van der Waals surface area contributed by atoms with Crippen molar-refractivity contribution in [2.75, 3.05) is 26.4 Å². The Labute approximate surface area is 82.1 Å². The summed E-state index contributed by atoms with van der Waals surface area (Å²) in [6, 6.07) is 5.93. The summed E-state index contributed by atoms with van der Waals surface area (Å²) in [6.45, 7) is 1.03. The zero-order valence-electron chi connectivity index (χ0n) is 7.78. The van der Waals surface area contributed by atoms with Gasteiger partial charge >= 0.3 is 0 Å². The summed E-state index contributed by atoms with van der Waals surface area (Å²) in [4.78, 5) is 0. The smallest absolute Gasteiger partial charge is 0.126 e. The lowest BCUT2D eigenvalue weighted by molar-refractivity contribution is 0.0704. The first-order valence-corrected chi connectivity index (χ1v) is 4.40. The number of benzene rings is 1. The number of halogens is 1. The number of hydrogen-bond acceptors (Lipinski definition) is 3. The molecule has 0 fully saturated rings. The Morgan fingerprint density at radius 2 is 2.07 bits per heavy atom. The van der Waals surface area contributed by atoms with E-state index in [0.29, 0.717) is 25.6 Å². The average Bonchev–Trinajstić information content (AvgIpc) is 2.18. The monoisotopic (exact) mass is 200 g/mol. The van der Waals surface area contributed by atoms with E-state index in [4.69, 9.17) is 14.6 Å². The summed E-state index contributed by atoms with van der Waals surface area (Å²) < 4.78 is 22.8. The van der Waals surface area contributed by atoms with E-state index in [1.807, 2.05) is 0 Å². The predicted molar refractivity (Wildman–Crippen MR) is 49.8 cm³/mol. The van der Waals surface area contributed by atoms with Crippen LogP contribution in [0.3, 0.4) is 0 Å². The van der Waals surface area contributed by atoms with Crippen molar-refractivity contribution >= 4 is 0 Å². The van der Waals surface area contributed by atoms with E-state index >= 15 is 0 Å². The molecule has 0 saturated carbocycles. The zero-order chi connectivity index (χ0) is 10.2. The van der Waals surface area contributed by atoms with Crippen LogP contribution >= 0.6 is 0 Å². The zero-order valence-corrected chi connectivity index (χ0v) is 7.78. The van der Waals surface area contributed by atoms with Crippen molar-refractivity contribution in [2.45, 2.75) is 0 Å². The van der Waals surface area contributed by atoms with E-state index in [1.54, 1.807) is 12.1 Å². The summed E-state index contributed by atoms with van der Waals surface area (Å²) in [6.07, 6.45) is 0. The fraction of sp³-hybridized carbons (Fsp3) is 0.400. The Morgan fingerprint density at radius 1 is 1.21 bits per heavy atom. The minimum Gasteiger partial charge on any atom is -0.491 e. The molecule has 0 bridgehead atoms. The molecule has 1 N–H and O–H groups in total. The predicted octanol–water partition coefficient (Wildman–Crippen LogP) is 1.21. The Morgan fingerprint density at radius 3 is 2.79 bits per heavy atom. The van der Waals surface area contributed by atoms with Gasteiger partial charge in [0.1, 0.15) is 18.2 Å². The van der Waals surface area contributed by atoms with E-state index in [9.17, 15) is 4.39 Å². The molecule has 4 heteroatoms. The van der Waals surface area contributed by atoms with E-state index in [-0.39, 0.29) is 12.4 Å². The van der Waals surface area contributed by atoms with Crippen LogP contribution in [0.2, 0.25) is 0 Å². The van der Waals surface area contributed by atoms with Crippen molar-refractivity contribution in [3.63, 3.8) is 0 Å². The molecule has 0 aliphatic carbocycles. The average molecular weight is 200 g/mol. The van der Waals surface area contributed by atoms with E-state index in [0.717, 1.165) is 0 Å². The molecule has 78 valence electrons. The molecule has 0 amide bonds. The van der Waals surface area contributed by atoms with E-state index < -0.39 is 0 Å². The van der Waals surface area contributed by atoms with Crippen molar-refractivity contribution in [3.05, 3.63) is 30.1 Å². The van der Waals surface area contributed by atoms with Gasteiger partial charge in [0.25, 0.3) is 0 Å². The molecular formula is C10H13FO3. The molecule has 3 nitrogen and oxygen atoms in total. The topological polar surface area (TPSA) is 38.7 Å². The van der Waals surface area contributed by atoms with Crippen molar-refractivity contribution in [3.8, 4) is 5.75 Å². The van der Waals surface area contributed by atoms with Crippen LogP contribution in [-0.4, -0.2) is 31.5 Å². The molecule has 0 saturated heterocycles. The van der Waals surface area contributed by atoms with Crippen LogP contribution in [0.5, 0.6) is 5.75 Å². The minimum atomic E-state index is -0.321. The molecule has 0 aromatic heterocycles. The van der Waals surface area contributed by atoms with Crippen LogP contribution in [-0.2, 0) is 4.74 Å².